The van der Waals surface area contributed by atoms with Gasteiger partial charge in [-0.25, -0.2) is 0 Å². The molecule has 3 nitrogen and oxygen atoms in total. The number of nitrogens with zero attached hydrogens (tertiary/aromatic N) is 1. The average Bonchev–Trinajstić information content (AvgIpc) is 2.35. The van der Waals surface area contributed by atoms with Crippen LogP contribution in [0, 0.1) is 0 Å². The minimum atomic E-state index is -4.59. The van der Waals surface area contributed by atoms with Crippen LogP contribution in [0.4, 0.5) is 13.2 Å². The van der Waals surface area contributed by atoms with Crippen LogP contribution >= 0.6 is 23.5 Å². The van der Waals surface area contributed by atoms with Crippen molar-refractivity contribution in [1.29, 1.82) is 0 Å². The summed E-state index contributed by atoms with van der Waals surface area (Å²) >= 11 is 2.23. The van der Waals surface area contributed by atoms with Gasteiger partial charge in [-0.3, -0.25) is 0 Å². The quantitative estimate of drug-likeness (QED) is 0.616. The molecule has 106 valence electrons. The van der Waals surface area contributed by atoms with Crippen molar-refractivity contribution in [3.05, 3.63) is 29.8 Å². The van der Waals surface area contributed by atoms with Crippen molar-refractivity contribution in [2.45, 2.75) is 11.1 Å². The molecule has 0 fully saturated rings. The monoisotopic (exact) mass is 329 g/mol. The van der Waals surface area contributed by atoms with E-state index in [1.54, 1.807) is 12.5 Å². The van der Waals surface area contributed by atoms with Crippen LogP contribution in [0.15, 0.2) is 33.6 Å². The first kappa shape index (κ1) is 16.4. The lowest BCUT2D eigenvalue weighted by atomic mass is 10.2. The number of hydrogen-bond acceptors (Lipinski definition) is 4. The first-order valence-corrected chi connectivity index (χ1v) is 8.70. The van der Waals surface area contributed by atoms with Gasteiger partial charge in [-0.05, 0) is 30.7 Å². The van der Waals surface area contributed by atoms with Gasteiger partial charge >= 0.3 is 6.18 Å². The maximum atomic E-state index is 12.5. The highest BCUT2D eigenvalue weighted by Crippen LogP contribution is 2.31. The second kappa shape index (κ2) is 6.19. The van der Waals surface area contributed by atoms with Crippen molar-refractivity contribution in [3.8, 4) is 0 Å². The molecule has 0 aliphatic carbocycles. The van der Waals surface area contributed by atoms with E-state index >= 15 is 0 Å². The average molecular weight is 329 g/mol. The molecular formula is C10H10F3NO2S3. The van der Waals surface area contributed by atoms with Crippen LogP contribution < -0.4 is 0 Å². The van der Waals surface area contributed by atoms with Crippen molar-refractivity contribution in [1.82, 2.24) is 0 Å². The summed E-state index contributed by atoms with van der Waals surface area (Å²) in [7, 11) is -4.12. The summed E-state index contributed by atoms with van der Waals surface area (Å²) in [6, 6.07) is 3.53. The molecule has 0 atom stereocenters. The molecule has 19 heavy (non-hydrogen) atoms. The molecule has 0 amide bonds. The molecule has 9 heteroatoms. The highest BCUT2D eigenvalue weighted by molar-refractivity contribution is 8.38. The third kappa shape index (κ3) is 4.43. The highest BCUT2D eigenvalue weighted by atomic mass is 32.2. The summed E-state index contributed by atoms with van der Waals surface area (Å²) in [5.41, 5.74) is -1.02. The summed E-state index contributed by atoms with van der Waals surface area (Å²) in [5.74, 6) is 0. The lowest BCUT2D eigenvalue weighted by molar-refractivity contribution is -0.137. The Morgan fingerprint density at radius 2 is 1.79 bits per heavy atom. The second-order valence-corrected chi connectivity index (χ2v) is 6.72. The Morgan fingerprint density at radius 1 is 1.21 bits per heavy atom. The maximum Gasteiger partial charge on any atom is 0.416 e. The van der Waals surface area contributed by atoms with Crippen LogP contribution in [-0.4, -0.2) is 25.3 Å². The van der Waals surface area contributed by atoms with Crippen LogP contribution in [0.2, 0.25) is 0 Å². The van der Waals surface area contributed by atoms with Gasteiger partial charge in [0.1, 0.15) is 4.38 Å². The molecule has 0 bridgehead atoms. The third-order valence-electron chi connectivity index (χ3n) is 2.00. The molecule has 0 saturated heterocycles. The molecule has 0 saturated carbocycles. The Morgan fingerprint density at radius 3 is 2.26 bits per heavy atom. The molecule has 1 aromatic rings. The predicted octanol–water partition coefficient (Wildman–Crippen LogP) is 3.48. The third-order valence-corrected chi connectivity index (χ3v) is 5.39. The molecule has 1 rings (SSSR count). The molecular weight excluding hydrogens is 319 g/mol. The van der Waals surface area contributed by atoms with Gasteiger partial charge in [0.05, 0.1) is 10.5 Å². The van der Waals surface area contributed by atoms with Crippen molar-refractivity contribution in [2.75, 3.05) is 12.5 Å². The Bertz CT molecular complexity index is 576. The van der Waals surface area contributed by atoms with E-state index in [-0.39, 0.29) is 4.38 Å². The van der Waals surface area contributed by atoms with Crippen molar-refractivity contribution >= 4 is 37.9 Å². The normalized spacial score (nSPS) is 12.3. The number of benzene rings is 1. The smallest absolute Gasteiger partial charge is 0.199 e. The summed E-state index contributed by atoms with van der Waals surface area (Å²) in [5, 5.41) is 0. The van der Waals surface area contributed by atoms with Crippen molar-refractivity contribution in [3.63, 3.8) is 0 Å². The summed E-state index contributed by atoms with van der Waals surface area (Å²) in [6.07, 6.45) is -1.31. The van der Waals surface area contributed by atoms with E-state index < -0.39 is 26.7 Å². The highest BCUT2D eigenvalue weighted by Gasteiger charge is 2.31. The molecule has 0 unspecified atom stereocenters. The standard InChI is InChI=1S/C10H10F3NO2S3/c1-17-9(18-2)14-19(15,16)8-5-3-4-7(6-8)10(11,12)13/h3-6H,1-2H3. The van der Waals surface area contributed by atoms with Gasteiger partial charge in [-0.1, -0.05) is 6.07 Å². The fourth-order valence-corrected chi connectivity index (χ4v) is 3.82. The first-order chi connectivity index (χ1) is 8.70. The van der Waals surface area contributed by atoms with Gasteiger partial charge in [0, 0.05) is 0 Å². The van der Waals surface area contributed by atoms with Crippen LogP contribution in [0.5, 0.6) is 0 Å². The van der Waals surface area contributed by atoms with Gasteiger partial charge in [-0.15, -0.1) is 27.9 Å². The SMILES string of the molecule is CSC(=NS(=O)(=O)c1cccc(C(F)(F)F)c1)SC. The molecule has 0 N–H and O–H groups in total. The van der Waals surface area contributed by atoms with E-state index in [4.69, 9.17) is 0 Å². The fraction of sp³-hybridized carbons (Fsp3) is 0.300. The molecule has 1 aromatic carbocycles. The van der Waals surface area contributed by atoms with Gasteiger partial charge in [0.25, 0.3) is 10.0 Å². The van der Waals surface area contributed by atoms with Gasteiger partial charge < -0.3 is 0 Å². The Labute approximate surface area is 117 Å². The summed E-state index contributed by atoms with van der Waals surface area (Å²) in [6.45, 7) is 0. The van der Waals surface area contributed by atoms with Crippen molar-refractivity contribution < 1.29 is 21.6 Å². The predicted molar refractivity (Wildman–Crippen MR) is 73.1 cm³/mol. The van der Waals surface area contributed by atoms with E-state index in [1.807, 2.05) is 0 Å². The van der Waals surface area contributed by atoms with Gasteiger partial charge in [0.15, 0.2) is 0 Å². The molecule has 0 radical (unpaired) electrons. The zero-order chi connectivity index (χ0) is 14.7. The number of alkyl halides is 3. The van der Waals surface area contributed by atoms with Gasteiger partial charge in [0.2, 0.25) is 0 Å². The van der Waals surface area contributed by atoms with Crippen LogP contribution in [0.25, 0.3) is 0 Å². The zero-order valence-corrected chi connectivity index (χ0v) is 12.4. The second-order valence-electron chi connectivity index (χ2n) is 3.27. The summed E-state index contributed by atoms with van der Waals surface area (Å²) < 4.78 is 65.0. The van der Waals surface area contributed by atoms with E-state index in [1.165, 1.54) is 0 Å². The van der Waals surface area contributed by atoms with E-state index in [0.717, 1.165) is 41.7 Å². The van der Waals surface area contributed by atoms with Crippen LogP contribution in [0.1, 0.15) is 5.56 Å². The Balaban J connectivity index is 3.27. The molecule has 0 aliphatic rings. The topological polar surface area (TPSA) is 46.5 Å². The van der Waals surface area contributed by atoms with Crippen LogP contribution in [-0.2, 0) is 16.2 Å². The van der Waals surface area contributed by atoms with Crippen LogP contribution in [0.3, 0.4) is 0 Å². The lowest BCUT2D eigenvalue weighted by Crippen LogP contribution is -2.07. The molecule has 0 spiro atoms. The largest absolute Gasteiger partial charge is 0.416 e. The number of hydrogen-bond donors (Lipinski definition) is 0. The fourth-order valence-electron chi connectivity index (χ4n) is 1.14. The van der Waals surface area contributed by atoms with E-state index in [9.17, 15) is 21.6 Å². The lowest BCUT2D eigenvalue weighted by Gasteiger charge is -2.08. The Hall–Kier alpha value is -0.670. The summed E-state index contributed by atoms with van der Waals surface area (Å²) in [4.78, 5) is -0.470. The maximum absolute atomic E-state index is 12.5. The zero-order valence-electron chi connectivity index (χ0n) is 9.93. The number of rotatable bonds is 2. The van der Waals surface area contributed by atoms with E-state index in [2.05, 4.69) is 4.40 Å². The number of sulfonamides is 1. The molecule has 0 heterocycles. The minimum Gasteiger partial charge on any atom is -0.199 e. The van der Waals surface area contributed by atoms with Gasteiger partial charge in [-0.2, -0.15) is 21.6 Å². The number of thioether (sulfide) groups is 2. The van der Waals surface area contributed by atoms with Crippen molar-refractivity contribution in [2.24, 2.45) is 4.40 Å². The van der Waals surface area contributed by atoms with E-state index in [0.29, 0.717) is 6.07 Å². The minimum absolute atomic E-state index is 0.261. The molecule has 0 aromatic heterocycles. The number of halogens is 3. The molecule has 0 aliphatic heterocycles. The Kier molecular flexibility index (Phi) is 5.34. The first-order valence-electron chi connectivity index (χ1n) is 4.81.